The lowest BCUT2D eigenvalue weighted by atomic mass is 9.99. The minimum Gasteiger partial charge on any atom is -0.283 e. The molecular weight excluding hydrogens is 342 g/mol. The maximum Gasteiger partial charge on any atom is 0.235 e. The molecule has 3 aromatic carbocycles. The molecule has 0 spiro atoms. The van der Waals surface area contributed by atoms with Crippen LogP contribution in [0.4, 0.5) is 0 Å². The molecule has 0 aliphatic heterocycles. The summed E-state index contributed by atoms with van der Waals surface area (Å²) in [6.45, 7) is 4.25. The van der Waals surface area contributed by atoms with Crippen LogP contribution < -0.4 is 0 Å². The van der Waals surface area contributed by atoms with Crippen molar-refractivity contribution < 1.29 is 0 Å². The standard InChI is InChI=1S/C25H21N3/c1-17-7-5-9-19(13-17)15-21-16-28-23-12-4-3-11-22(23)26-25(28)27-24(21)20-10-6-8-18(2)14-20/h3-14,16H,15H2,1-2H3. The molecule has 0 saturated heterocycles. The van der Waals surface area contributed by atoms with Crippen LogP contribution in [0, 0.1) is 13.8 Å². The van der Waals surface area contributed by atoms with Gasteiger partial charge in [-0.25, -0.2) is 9.97 Å². The molecule has 2 aromatic heterocycles. The number of fused-ring (bicyclic) bond motifs is 3. The van der Waals surface area contributed by atoms with Gasteiger partial charge in [-0.1, -0.05) is 65.7 Å². The summed E-state index contributed by atoms with van der Waals surface area (Å²) in [4.78, 5) is 9.73. The maximum absolute atomic E-state index is 4.99. The van der Waals surface area contributed by atoms with Crippen LogP contribution in [0.2, 0.25) is 0 Å². The van der Waals surface area contributed by atoms with Gasteiger partial charge in [0.15, 0.2) is 0 Å². The summed E-state index contributed by atoms with van der Waals surface area (Å²) in [5.74, 6) is 0.741. The molecule has 28 heavy (non-hydrogen) atoms. The van der Waals surface area contributed by atoms with Crippen LogP contribution in [0.5, 0.6) is 0 Å². The minimum atomic E-state index is 0.741. The van der Waals surface area contributed by atoms with E-state index in [4.69, 9.17) is 9.97 Å². The molecule has 3 heteroatoms. The smallest absolute Gasteiger partial charge is 0.235 e. The highest BCUT2D eigenvalue weighted by Crippen LogP contribution is 2.27. The van der Waals surface area contributed by atoms with E-state index in [0.29, 0.717) is 0 Å². The first-order chi connectivity index (χ1) is 13.7. The third kappa shape index (κ3) is 2.95. The van der Waals surface area contributed by atoms with Crippen molar-refractivity contribution >= 4 is 16.8 Å². The predicted octanol–water partition coefficient (Wildman–Crippen LogP) is 5.76. The zero-order chi connectivity index (χ0) is 19.1. The normalized spacial score (nSPS) is 11.4. The van der Waals surface area contributed by atoms with E-state index in [-0.39, 0.29) is 0 Å². The van der Waals surface area contributed by atoms with Crippen LogP contribution in [0.15, 0.2) is 79.0 Å². The van der Waals surface area contributed by atoms with E-state index < -0.39 is 0 Å². The minimum absolute atomic E-state index is 0.741. The van der Waals surface area contributed by atoms with Gasteiger partial charge in [-0.3, -0.25) is 4.40 Å². The molecule has 136 valence electrons. The number of aryl methyl sites for hydroxylation is 2. The van der Waals surface area contributed by atoms with Crippen molar-refractivity contribution in [3.8, 4) is 11.3 Å². The second-order valence-electron chi connectivity index (χ2n) is 7.42. The molecule has 0 atom stereocenters. The molecule has 0 saturated carbocycles. The summed E-state index contributed by atoms with van der Waals surface area (Å²) >= 11 is 0. The zero-order valence-corrected chi connectivity index (χ0v) is 16.1. The van der Waals surface area contributed by atoms with E-state index in [1.165, 1.54) is 22.3 Å². The number of aromatic nitrogens is 3. The molecule has 0 N–H and O–H groups in total. The Morgan fingerprint density at radius 3 is 2.39 bits per heavy atom. The average molecular weight is 363 g/mol. The lowest BCUT2D eigenvalue weighted by Crippen LogP contribution is -2.01. The van der Waals surface area contributed by atoms with E-state index in [1.54, 1.807) is 0 Å². The van der Waals surface area contributed by atoms with Gasteiger partial charge in [0.25, 0.3) is 0 Å². The number of benzene rings is 3. The van der Waals surface area contributed by atoms with Gasteiger partial charge in [0.1, 0.15) is 0 Å². The predicted molar refractivity (Wildman–Crippen MR) is 115 cm³/mol. The largest absolute Gasteiger partial charge is 0.283 e. The Hall–Kier alpha value is -3.46. The number of hydrogen-bond acceptors (Lipinski definition) is 2. The van der Waals surface area contributed by atoms with Gasteiger partial charge < -0.3 is 0 Å². The number of imidazole rings is 1. The average Bonchev–Trinajstić information content (AvgIpc) is 3.05. The highest BCUT2D eigenvalue weighted by atomic mass is 15.1. The van der Waals surface area contributed by atoms with E-state index in [2.05, 4.69) is 79.0 Å². The van der Waals surface area contributed by atoms with Crippen LogP contribution >= 0.6 is 0 Å². The zero-order valence-electron chi connectivity index (χ0n) is 16.1. The Morgan fingerprint density at radius 2 is 1.57 bits per heavy atom. The van der Waals surface area contributed by atoms with Crippen molar-refractivity contribution in [2.24, 2.45) is 0 Å². The molecule has 5 rings (SSSR count). The fourth-order valence-corrected chi connectivity index (χ4v) is 3.84. The highest BCUT2D eigenvalue weighted by molar-refractivity contribution is 5.80. The summed E-state index contributed by atoms with van der Waals surface area (Å²) in [5, 5.41) is 0. The van der Waals surface area contributed by atoms with E-state index in [9.17, 15) is 0 Å². The Labute approximate surface area is 164 Å². The second kappa shape index (κ2) is 6.61. The number of hydrogen-bond donors (Lipinski definition) is 0. The third-order valence-corrected chi connectivity index (χ3v) is 5.15. The molecule has 3 nitrogen and oxygen atoms in total. The Morgan fingerprint density at radius 1 is 0.786 bits per heavy atom. The van der Waals surface area contributed by atoms with Gasteiger partial charge >= 0.3 is 0 Å². The molecule has 0 fully saturated rings. The maximum atomic E-state index is 4.99. The van der Waals surface area contributed by atoms with E-state index in [1.807, 2.05) is 18.2 Å². The van der Waals surface area contributed by atoms with Gasteiger partial charge in [0.2, 0.25) is 5.78 Å². The van der Waals surface area contributed by atoms with Gasteiger partial charge in [-0.05, 0) is 43.2 Å². The number of para-hydroxylation sites is 2. The van der Waals surface area contributed by atoms with Crippen molar-refractivity contribution in [1.29, 1.82) is 0 Å². The van der Waals surface area contributed by atoms with Gasteiger partial charge in [-0.2, -0.15) is 0 Å². The molecule has 5 aromatic rings. The monoisotopic (exact) mass is 363 g/mol. The molecule has 0 radical (unpaired) electrons. The van der Waals surface area contributed by atoms with Crippen molar-refractivity contribution in [3.05, 3.63) is 101 Å². The van der Waals surface area contributed by atoms with Crippen LogP contribution in [-0.2, 0) is 6.42 Å². The topological polar surface area (TPSA) is 30.2 Å². The molecule has 0 aliphatic carbocycles. The molecule has 2 heterocycles. The highest BCUT2D eigenvalue weighted by Gasteiger charge is 2.14. The van der Waals surface area contributed by atoms with Gasteiger partial charge in [-0.15, -0.1) is 0 Å². The van der Waals surface area contributed by atoms with Gasteiger partial charge in [0, 0.05) is 18.2 Å². The van der Waals surface area contributed by atoms with Crippen molar-refractivity contribution in [2.45, 2.75) is 20.3 Å². The molecule has 0 bridgehead atoms. The lowest BCUT2D eigenvalue weighted by molar-refractivity contribution is 1.06. The SMILES string of the molecule is Cc1cccc(Cc2cn3c(nc2-c2cccc(C)c2)nc2ccccc23)c1. The fourth-order valence-electron chi connectivity index (χ4n) is 3.84. The summed E-state index contributed by atoms with van der Waals surface area (Å²) in [6, 6.07) is 25.4. The number of rotatable bonds is 3. The number of nitrogens with zero attached hydrogens (tertiary/aromatic N) is 3. The third-order valence-electron chi connectivity index (χ3n) is 5.15. The van der Waals surface area contributed by atoms with E-state index in [0.717, 1.165) is 34.5 Å². The quantitative estimate of drug-likeness (QED) is 0.408. The van der Waals surface area contributed by atoms with Crippen LogP contribution in [0.1, 0.15) is 22.3 Å². The molecule has 0 amide bonds. The Bertz CT molecular complexity index is 1310. The van der Waals surface area contributed by atoms with Crippen molar-refractivity contribution in [1.82, 2.24) is 14.4 Å². The van der Waals surface area contributed by atoms with Crippen LogP contribution in [0.25, 0.3) is 28.1 Å². The first-order valence-corrected chi connectivity index (χ1v) is 9.57. The lowest BCUT2D eigenvalue weighted by Gasteiger charge is -2.11. The van der Waals surface area contributed by atoms with Crippen molar-refractivity contribution in [3.63, 3.8) is 0 Å². The van der Waals surface area contributed by atoms with Crippen LogP contribution in [-0.4, -0.2) is 14.4 Å². The first-order valence-electron chi connectivity index (χ1n) is 9.57. The summed E-state index contributed by atoms with van der Waals surface area (Å²) in [7, 11) is 0. The first kappa shape index (κ1) is 16.7. The molecule has 0 unspecified atom stereocenters. The molecular formula is C25H21N3. The summed E-state index contributed by atoms with van der Waals surface area (Å²) < 4.78 is 2.11. The molecule has 0 aliphatic rings. The Balaban J connectivity index is 1.76. The summed E-state index contributed by atoms with van der Waals surface area (Å²) in [5.41, 5.74) is 9.20. The summed E-state index contributed by atoms with van der Waals surface area (Å²) in [6.07, 6.45) is 3.04. The van der Waals surface area contributed by atoms with Crippen LogP contribution in [0.3, 0.4) is 0 Å². The second-order valence-corrected chi connectivity index (χ2v) is 7.42. The van der Waals surface area contributed by atoms with E-state index >= 15 is 0 Å². The Kier molecular flexibility index (Phi) is 3.94. The fraction of sp³-hybridized carbons (Fsp3) is 0.120. The van der Waals surface area contributed by atoms with Crippen molar-refractivity contribution in [2.75, 3.05) is 0 Å². The van der Waals surface area contributed by atoms with Gasteiger partial charge in [0.05, 0.1) is 16.7 Å².